The third-order valence-corrected chi connectivity index (χ3v) is 11.2. The van der Waals surface area contributed by atoms with Crippen molar-refractivity contribution in [2.24, 2.45) is 40.9 Å². The molecule has 0 N–H and O–H groups in total. The maximum atomic E-state index is 4.90. The van der Waals surface area contributed by atoms with E-state index in [0.717, 1.165) is 43.4 Å². The van der Waals surface area contributed by atoms with Crippen molar-refractivity contribution in [1.29, 1.82) is 0 Å². The van der Waals surface area contributed by atoms with Crippen molar-refractivity contribution in [3.63, 3.8) is 0 Å². The second-order valence-corrected chi connectivity index (χ2v) is 17.1. The molecule has 0 radical (unpaired) electrons. The average molecular weight is 551 g/mol. The van der Waals surface area contributed by atoms with Crippen LogP contribution in [0.15, 0.2) is 0 Å². The van der Waals surface area contributed by atoms with Gasteiger partial charge in [-0.05, 0) is 134 Å². The third kappa shape index (κ3) is 4.97. The number of rotatable bonds is 3. The fraction of sp³-hybridized carbons (Fsp3) is 0.882. The van der Waals surface area contributed by atoms with Gasteiger partial charge < -0.3 is 0 Å². The summed E-state index contributed by atoms with van der Waals surface area (Å²) in [5.41, 5.74) is 5.75. The van der Waals surface area contributed by atoms with E-state index in [2.05, 4.69) is 92.4 Å². The standard InChI is InChI=1S/C34H58N6/c1-13-34(21(2)3)19-18-22(14-16-25-30(34)40(38-35-25)33(10,11)12)24-20-26-27(39(37-36-26)32(7,8)9)17-15-23-28(24)29(23)31(4,5)6/h21-24,28-29H,13-20H2,1-12H3. The zero-order chi connectivity index (χ0) is 29.4. The molecule has 6 unspecified atom stereocenters. The highest BCUT2D eigenvalue weighted by molar-refractivity contribution is 5.27. The molecule has 0 spiro atoms. The van der Waals surface area contributed by atoms with Gasteiger partial charge >= 0.3 is 0 Å². The number of hydrogen-bond acceptors (Lipinski definition) is 4. The Morgan fingerprint density at radius 3 is 2.00 bits per heavy atom. The van der Waals surface area contributed by atoms with Crippen LogP contribution in [0.25, 0.3) is 0 Å². The highest BCUT2D eigenvalue weighted by Crippen LogP contribution is 2.64. The predicted octanol–water partition coefficient (Wildman–Crippen LogP) is 7.74. The minimum Gasteiger partial charge on any atom is -0.244 e. The molecule has 3 aliphatic rings. The van der Waals surface area contributed by atoms with Crippen molar-refractivity contribution in [3.8, 4) is 0 Å². The van der Waals surface area contributed by atoms with Gasteiger partial charge in [-0.2, -0.15) is 0 Å². The van der Waals surface area contributed by atoms with Gasteiger partial charge in [-0.15, -0.1) is 10.2 Å². The Labute approximate surface area is 244 Å². The Balaban J connectivity index is 1.55. The molecule has 40 heavy (non-hydrogen) atoms. The first-order chi connectivity index (χ1) is 18.5. The van der Waals surface area contributed by atoms with E-state index in [1.54, 1.807) is 0 Å². The monoisotopic (exact) mass is 550 g/mol. The van der Waals surface area contributed by atoms with Gasteiger partial charge in [-0.1, -0.05) is 52.0 Å². The molecule has 3 aliphatic carbocycles. The Bertz CT molecular complexity index is 1200. The van der Waals surface area contributed by atoms with Crippen molar-refractivity contribution in [1.82, 2.24) is 30.0 Å². The molecule has 2 heterocycles. The minimum atomic E-state index is -0.0650. The molecule has 0 saturated heterocycles. The van der Waals surface area contributed by atoms with E-state index in [1.165, 1.54) is 48.5 Å². The molecular formula is C34H58N6. The van der Waals surface area contributed by atoms with Gasteiger partial charge in [0.15, 0.2) is 0 Å². The molecule has 2 aromatic heterocycles. The lowest BCUT2D eigenvalue weighted by Gasteiger charge is -2.43. The van der Waals surface area contributed by atoms with Crippen LogP contribution in [0, 0.1) is 40.9 Å². The van der Waals surface area contributed by atoms with Gasteiger partial charge in [0.2, 0.25) is 0 Å². The van der Waals surface area contributed by atoms with Crippen LogP contribution in [0.3, 0.4) is 0 Å². The zero-order valence-corrected chi connectivity index (χ0v) is 27.8. The smallest absolute Gasteiger partial charge is 0.0865 e. The average Bonchev–Trinajstić information content (AvgIpc) is 3.13. The molecule has 6 atom stereocenters. The first-order valence-corrected chi connectivity index (χ1v) is 16.4. The van der Waals surface area contributed by atoms with E-state index in [0.29, 0.717) is 23.2 Å². The SMILES string of the molecule is CCC1(C(C)C)CCC(C2Cc3nnn(C(C)(C)C)c3CCC3C2C3C(C)(C)C)CCc2nnn(C(C)(C)C)c21. The van der Waals surface area contributed by atoms with Crippen LogP contribution in [0.2, 0.25) is 0 Å². The first kappa shape index (κ1) is 29.8. The van der Waals surface area contributed by atoms with Crippen LogP contribution in [0.5, 0.6) is 0 Å². The second-order valence-electron chi connectivity index (χ2n) is 17.1. The topological polar surface area (TPSA) is 61.4 Å². The summed E-state index contributed by atoms with van der Waals surface area (Å²) in [6, 6.07) is 0. The summed E-state index contributed by atoms with van der Waals surface area (Å²) >= 11 is 0. The van der Waals surface area contributed by atoms with E-state index in [4.69, 9.17) is 20.6 Å². The summed E-state index contributed by atoms with van der Waals surface area (Å²) in [5, 5.41) is 19.3. The maximum absolute atomic E-state index is 4.90. The van der Waals surface area contributed by atoms with Crippen LogP contribution < -0.4 is 0 Å². The molecule has 0 amide bonds. The molecule has 0 aromatic carbocycles. The number of fused-ring (bicyclic) bond motifs is 3. The first-order valence-electron chi connectivity index (χ1n) is 16.4. The second kappa shape index (κ2) is 9.93. The van der Waals surface area contributed by atoms with Crippen LogP contribution in [-0.2, 0) is 35.8 Å². The van der Waals surface area contributed by atoms with Crippen LogP contribution in [0.1, 0.15) is 138 Å². The minimum absolute atomic E-state index is 0.0326. The van der Waals surface area contributed by atoms with E-state index < -0.39 is 0 Å². The summed E-state index contributed by atoms with van der Waals surface area (Å²) in [4.78, 5) is 0. The van der Waals surface area contributed by atoms with Gasteiger partial charge in [0.1, 0.15) is 0 Å². The summed E-state index contributed by atoms with van der Waals surface area (Å²) < 4.78 is 4.52. The Hall–Kier alpha value is -1.72. The van der Waals surface area contributed by atoms with E-state index in [-0.39, 0.29) is 16.5 Å². The van der Waals surface area contributed by atoms with Crippen molar-refractivity contribution < 1.29 is 0 Å². The molecule has 0 aliphatic heterocycles. The lowest BCUT2D eigenvalue weighted by Crippen LogP contribution is -2.41. The Morgan fingerprint density at radius 1 is 0.800 bits per heavy atom. The summed E-state index contributed by atoms with van der Waals surface area (Å²) in [6.45, 7) is 28.4. The molecule has 1 fully saturated rings. The molecule has 0 bridgehead atoms. The van der Waals surface area contributed by atoms with Crippen molar-refractivity contribution in [2.45, 2.75) is 151 Å². The van der Waals surface area contributed by atoms with Crippen LogP contribution in [0.4, 0.5) is 0 Å². The third-order valence-electron chi connectivity index (χ3n) is 11.2. The number of aryl methyl sites for hydroxylation is 1. The summed E-state index contributed by atoms with van der Waals surface area (Å²) in [7, 11) is 0. The summed E-state index contributed by atoms with van der Waals surface area (Å²) in [6.07, 6.45) is 9.39. The normalized spacial score (nSPS) is 31.5. The number of aromatic nitrogens is 6. The van der Waals surface area contributed by atoms with Gasteiger partial charge in [0.25, 0.3) is 0 Å². The predicted molar refractivity (Wildman–Crippen MR) is 163 cm³/mol. The van der Waals surface area contributed by atoms with Gasteiger partial charge in [-0.25, -0.2) is 9.36 Å². The lowest BCUT2D eigenvalue weighted by molar-refractivity contribution is 0.161. The van der Waals surface area contributed by atoms with Gasteiger partial charge in [0.05, 0.1) is 33.9 Å². The lowest BCUT2D eigenvalue weighted by atomic mass is 9.63. The molecule has 6 nitrogen and oxygen atoms in total. The van der Waals surface area contributed by atoms with Gasteiger partial charge in [0, 0.05) is 5.41 Å². The maximum Gasteiger partial charge on any atom is 0.0865 e. The number of hydrogen-bond donors (Lipinski definition) is 0. The van der Waals surface area contributed by atoms with E-state index in [1.807, 2.05) is 0 Å². The zero-order valence-electron chi connectivity index (χ0n) is 27.8. The quantitative estimate of drug-likeness (QED) is 0.392. The number of nitrogens with zero attached hydrogens (tertiary/aromatic N) is 6. The molecular weight excluding hydrogens is 492 g/mol. The van der Waals surface area contributed by atoms with Crippen LogP contribution in [-0.4, -0.2) is 30.0 Å². The molecule has 1 saturated carbocycles. The van der Waals surface area contributed by atoms with E-state index >= 15 is 0 Å². The van der Waals surface area contributed by atoms with Gasteiger partial charge in [-0.3, -0.25) is 0 Å². The molecule has 224 valence electrons. The highest BCUT2D eigenvalue weighted by Gasteiger charge is 2.60. The molecule has 2 aromatic rings. The highest BCUT2D eigenvalue weighted by atomic mass is 15.5. The Kier molecular flexibility index (Phi) is 7.39. The molecule has 5 rings (SSSR count). The van der Waals surface area contributed by atoms with Crippen molar-refractivity contribution >= 4 is 0 Å². The van der Waals surface area contributed by atoms with Crippen molar-refractivity contribution in [3.05, 3.63) is 22.8 Å². The fourth-order valence-electron chi connectivity index (χ4n) is 9.22. The van der Waals surface area contributed by atoms with Crippen LogP contribution >= 0.6 is 0 Å². The van der Waals surface area contributed by atoms with Crippen molar-refractivity contribution in [2.75, 3.05) is 0 Å². The molecule has 6 heteroatoms. The Morgan fingerprint density at radius 2 is 1.43 bits per heavy atom. The van der Waals surface area contributed by atoms with E-state index in [9.17, 15) is 0 Å². The fourth-order valence-corrected chi connectivity index (χ4v) is 9.22. The summed E-state index contributed by atoms with van der Waals surface area (Å²) in [5.74, 6) is 4.33. The largest absolute Gasteiger partial charge is 0.244 e.